The van der Waals surface area contributed by atoms with E-state index in [0.29, 0.717) is 61.2 Å². The number of ether oxygens (including phenoxy) is 2. The highest BCUT2D eigenvalue weighted by Crippen LogP contribution is 2.34. The van der Waals surface area contributed by atoms with Gasteiger partial charge in [-0.05, 0) is 94.8 Å². The molecule has 0 bridgehead atoms. The van der Waals surface area contributed by atoms with Gasteiger partial charge in [0, 0.05) is 48.6 Å². The first kappa shape index (κ1) is 45.7. The number of fused-ring (bicyclic) bond motifs is 2. The number of halogens is 1. The molecule has 0 saturated heterocycles. The molecule has 0 unspecified atom stereocenters. The minimum atomic E-state index is -0.741. The second-order valence-corrected chi connectivity index (χ2v) is 16.3. The summed E-state index contributed by atoms with van der Waals surface area (Å²) >= 11 is 6.62. The molecule has 6 N–H and O–H groups in total. The summed E-state index contributed by atoms with van der Waals surface area (Å²) in [5.41, 5.74) is 19.8. The lowest BCUT2D eigenvalue weighted by Gasteiger charge is -2.17. The van der Waals surface area contributed by atoms with Crippen molar-refractivity contribution >= 4 is 68.8 Å². The molecule has 0 aliphatic carbocycles. The summed E-state index contributed by atoms with van der Waals surface area (Å²) < 4.78 is 11.3. The molecule has 2 amide bonds. The van der Waals surface area contributed by atoms with Crippen molar-refractivity contribution in [1.82, 2.24) is 19.9 Å². The Kier molecular flexibility index (Phi) is 14.0. The van der Waals surface area contributed by atoms with Crippen molar-refractivity contribution < 1.29 is 28.7 Å². The third kappa shape index (κ3) is 10.5. The van der Waals surface area contributed by atoms with Crippen LogP contribution < -0.4 is 22.1 Å². The maximum atomic E-state index is 13.8. The maximum absolute atomic E-state index is 13.8. The monoisotopic (exact) mass is 912 g/mol. The van der Waals surface area contributed by atoms with E-state index in [1.807, 2.05) is 38.1 Å². The fraction of sp³-hybridized carbons (Fsp3) is 0.154. The van der Waals surface area contributed by atoms with E-state index in [1.54, 1.807) is 110 Å². The van der Waals surface area contributed by atoms with Gasteiger partial charge < -0.3 is 31.6 Å². The minimum Gasteiger partial charge on any atom is -0.457 e. The number of hydrogen-bond acceptors (Lipinski definition) is 12. The van der Waals surface area contributed by atoms with Gasteiger partial charge in [0.05, 0.1) is 39.0 Å². The average Bonchev–Trinajstić information content (AvgIpc) is 3.34. The number of anilines is 2. The van der Waals surface area contributed by atoms with E-state index < -0.39 is 29.7 Å². The molecule has 4 aromatic heterocycles. The third-order valence-corrected chi connectivity index (χ3v) is 11.6. The van der Waals surface area contributed by atoms with Crippen molar-refractivity contribution in [3.05, 3.63) is 190 Å². The normalized spacial score (nSPS) is 12.0. The Bertz CT molecular complexity index is 3130. The van der Waals surface area contributed by atoms with Gasteiger partial charge in [-0.15, -0.1) is 0 Å². The zero-order valence-electron chi connectivity index (χ0n) is 36.5. The van der Waals surface area contributed by atoms with Crippen LogP contribution in [-0.2, 0) is 32.3 Å². The molecule has 0 spiro atoms. The molecule has 0 aliphatic heterocycles. The lowest BCUT2D eigenvalue weighted by atomic mass is 9.96. The standard InChI is InChI=1S/C52H45ClN8O6/c1-30-8-13-37(20-39(30)52(65)67-29-33-11-16-34(17-12-33)41(22-54)49(62)60-45-19-18-38-25-56-24-31(2)47(38)58-45)40-21-46(59-48-43(40)26-57-27-44(48)53)61-50(63)42(23-55)35-14-9-32(10-15-35)28-66-51(64)36-6-4-3-5-7-36/h3-21,24-27,41-42H,22-23,28-29,54-55H2,1-2H3,(H,58,60,62)(H,59,61,63)/t41-,42-/m1/s1. The highest BCUT2D eigenvalue weighted by Gasteiger charge is 2.23. The summed E-state index contributed by atoms with van der Waals surface area (Å²) in [5, 5.41) is 7.53. The quantitative estimate of drug-likeness (QED) is 0.0712. The van der Waals surface area contributed by atoms with Crippen molar-refractivity contribution in [2.75, 3.05) is 23.7 Å². The van der Waals surface area contributed by atoms with Crippen LogP contribution in [0.1, 0.15) is 65.9 Å². The first-order valence-electron chi connectivity index (χ1n) is 21.3. The number of carbonyl (C=O) groups is 4. The topological polar surface area (TPSA) is 214 Å². The van der Waals surface area contributed by atoms with E-state index in [1.165, 1.54) is 6.20 Å². The van der Waals surface area contributed by atoms with E-state index in [0.717, 1.165) is 22.0 Å². The van der Waals surface area contributed by atoms with E-state index >= 15 is 0 Å². The van der Waals surface area contributed by atoms with Gasteiger partial charge in [0.25, 0.3) is 0 Å². The van der Waals surface area contributed by atoms with Crippen molar-refractivity contribution in [3.8, 4) is 11.1 Å². The lowest BCUT2D eigenvalue weighted by molar-refractivity contribution is -0.118. The molecule has 0 fully saturated rings. The molecule has 14 nitrogen and oxygen atoms in total. The van der Waals surface area contributed by atoms with Crippen LogP contribution in [0.5, 0.6) is 0 Å². The number of nitrogens with two attached hydrogens (primary N) is 2. The Morgan fingerprint density at radius 2 is 1.21 bits per heavy atom. The molecule has 8 rings (SSSR count). The van der Waals surface area contributed by atoms with Crippen LogP contribution >= 0.6 is 11.6 Å². The van der Waals surface area contributed by atoms with Crippen LogP contribution in [0.4, 0.5) is 11.6 Å². The summed E-state index contributed by atoms with van der Waals surface area (Å²) in [6.07, 6.45) is 6.53. The van der Waals surface area contributed by atoms with Crippen molar-refractivity contribution in [2.24, 2.45) is 11.5 Å². The number of aromatic nitrogens is 4. The Morgan fingerprint density at radius 3 is 1.85 bits per heavy atom. The lowest BCUT2D eigenvalue weighted by Crippen LogP contribution is -2.27. The first-order chi connectivity index (χ1) is 32.5. The fourth-order valence-electron chi connectivity index (χ4n) is 7.61. The summed E-state index contributed by atoms with van der Waals surface area (Å²) in [7, 11) is 0. The molecule has 336 valence electrons. The fourth-order valence-corrected chi connectivity index (χ4v) is 7.81. The van der Waals surface area contributed by atoms with Crippen molar-refractivity contribution in [1.29, 1.82) is 0 Å². The smallest absolute Gasteiger partial charge is 0.338 e. The van der Waals surface area contributed by atoms with Crippen LogP contribution in [0.3, 0.4) is 0 Å². The summed E-state index contributed by atoms with van der Waals surface area (Å²) in [4.78, 5) is 71.0. The van der Waals surface area contributed by atoms with Gasteiger partial charge in [0.15, 0.2) is 0 Å². The number of esters is 2. The second kappa shape index (κ2) is 20.5. The molecule has 15 heteroatoms. The first-order valence-corrected chi connectivity index (χ1v) is 21.7. The van der Waals surface area contributed by atoms with Crippen LogP contribution in [0.15, 0.2) is 140 Å². The number of benzene rings is 4. The highest BCUT2D eigenvalue weighted by molar-refractivity contribution is 6.35. The number of rotatable bonds is 15. The molecule has 67 heavy (non-hydrogen) atoms. The molecule has 0 aliphatic rings. The number of pyridine rings is 4. The van der Waals surface area contributed by atoms with Crippen LogP contribution in [-0.4, -0.2) is 56.8 Å². The van der Waals surface area contributed by atoms with E-state index in [9.17, 15) is 19.2 Å². The van der Waals surface area contributed by atoms with Crippen LogP contribution in [0, 0.1) is 13.8 Å². The van der Waals surface area contributed by atoms with E-state index in [4.69, 9.17) is 32.5 Å². The average molecular weight is 913 g/mol. The Morgan fingerprint density at radius 1 is 0.612 bits per heavy atom. The largest absolute Gasteiger partial charge is 0.457 e. The number of nitrogens with zero attached hydrogens (tertiary/aromatic N) is 4. The third-order valence-electron chi connectivity index (χ3n) is 11.3. The number of aryl methyl sites for hydroxylation is 2. The zero-order valence-corrected chi connectivity index (χ0v) is 37.3. The Balaban J connectivity index is 0.942. The van der Waals surface area contributed by atoms with E-state index in [-0.39, 0.29) is 43.1 Å². The van der Waals surface area contributed by atoms with Gasteiger partial charge in [-0.1, -0.05) is 90.5 Å². The SMILES string of the molecule is Cc1ccc(-c2cc(NC(=O)[C@H](CN)c3ccc(COC(=O)c4ccccc4)cc3)nc3c(Cl)cncc23)cc1C(=O)OCc1ccc([C@@H](CN)C(=O)Nc2ccc3cncc(C)c3n2)cc1. The molecular weight excluding hydrogens is 868 g/mol. The molecular formula is C52H45ClN8O6. The minimum absolute atomic E-state index is 0.00117. The van der Waals surface area contributed by atoms with Gasteiger partial charge in [-0.25, -0.2) is 19.6 Å². The van der Waals surface area contributed by atoms with Gasteiger partial charge in [0.2, 0.25) is 11.8 Å². The molecule has 0 radical (unpaired) electrons. The number of hydrogen-bond donors (Lipinski definition) is 4. The molecule has 2 atom stereocenters. The van der Waals surface area contributed by atoms with Gasteiger partial charge in [0.1, 0.15) is 24.8 Å². The maximum Gasteiger partial charge on any atom is 0.338 e. The summed E-state index contributed by atoms with van der Waals surface area (Å²) in [5.74, 6) is -2.44. The zero-order chi connectivity index (χ0) is 47.0. The molecule has 8 aromatic rings. The molecule has 4 heterocycles. The van der Waals surface area contributed by atoms with Crippen LogP contribution in [0.2, 0.25) is 5.02 Å². The van der Waals surface area contributed by atoms with Crippen LogP contribution in [0.25, 0.3) is 32.9 Å². The predicted molar refractivity (Wildman–Crippen MR) is 257 cm³/mol. The van der Waals surface area contributed by atoms with Gasteiger partial charge in [-0.2, -0.15) is 0 Å². The number of nitrogens with one attached hydrogen (secondary N) is 2. The number of carbonyl (C=O) groups excluding carboxylic acids is 4. The second-order valence-electron chi connectivity index (χ2n) is 15.9. The van der Waals surface area contributed by atoms with Gasteiger partial charge >= 0.3 is 11.9 Å². The van der Waals surface area contributed by atoms with E-state index in [2.05, 4.69) is 30.6 Å². The van der Waals surface area contributed by atoms with Crippen molar-refractivity contribution in [2.45, 2.75) is 38.9 Å². The Labute approximate surface area is 390 Å². The summed E-state index contributed by atoms with van der Waals surface area (Å²) in [6, 6.07) is 33.7. The molecule has 4 aromatic carbocycles. The van der Waals surface area contributed by atoms with Crippen molar-refractivity contribution in [3.63, 3.8) is 0 Å². The summed E-state index contributed by atoms with van der Waals surface area (Å²) in [6.45, 7) is 3.82. The van der Waals surface area contributed by atoms with Gasteiger partial charge in [-0.3, -0.25) is 19.6 Å². The molecule has 0 saturated carbocycles. The number of amides is 2. The Hall–Kier alpha value is -7.91. The highest BCUT2D eigenvalue weighted by atomic mass is 35.5. The predicted octanol–water partition coefficient (Wildman–Crippen LogP) is 8.59.